The Morgan fingerprint density at radius 3 is 2.40 bits per heavy atom. The van der Waals surface area contributed by atoms with Crippen LogP contribution in [0.15, 0.2) is 48.5 Å². The normalized spacial score (nSPS) is 15.4. The minimum absolute atomic E-state index is 0.0438. The third-order valence-corrected chi connectivity index (χ3v) is 6.85. The average Bonchev–Trinajstić information content (AvgIpc) is 2.73. The monoisotopic (exact) mass is 446 g/mol. The summed E-state index contributed by atoms with van der Waals surface area (Å²) in [7, 11) is -1.79. The number of sulfonamides is 1. The van der Waals surface area contributed by atoms with Crippen molar-refractivity contribution in [2.75, 3.05) is 40.9 Å². The van der Waals surface area contributed by atoms with E-state index >= 15 is 0 Å². The molecule has 1 aliphatic rings. The van der Waals surface area contributed by atoms with Crippen LogP contribution in [0.5, 0.6) is 0 Å². The Balaban J connectivity index is 1.59. The molecule has 2 aromatic rings. The van der Waals surface area contributed by atoms with Crippen molar-refractivity contribution in [2.24, 2.45) is 0 Å². The predicted octanol–water partition coefficient (Wildman–Crippen LogP) is 4.12. The van der Waals surface area contributed by atoms with Crippen LogP contribution in [-0.2, 0) is 10.0 Å². The molecule has 0 saturated carbocycles. The first-order valence-corrected chi connectivity index (χ1v) is 12.5. The van der Waals surface area contributed by atoms with E-state index in [2.05, 4.69) is 46.7 Å². The highest BCUT2D eigenvalue weighted by atomic mass is 32.2. The van der Waals surface area contributed by atoms with Crippen molar-refractivity contribution >= 4 is 44.4 Å². The Bertz CT molecular complexity index is 971. The van der Waals surface area contributed by atoms with Crippen molar-refractivity contribution in [3.05, 3.63) is 54.1 Å². The molecule has 1 saturated heterocycles. The Kier molecular flexibility index (Phi) is 7.20. The Morgan fingerprint density at radius 1 is 1.10 bits per heavy atom. The summed E-state index contributed by atoms with van der Waals surface area (Å²) in [5, 5.41) is 6.93. The van der Waals surface area contributed by atoms with E-state index < -0.39 is 10.0 Å². The van der Waals surface area contributed by atoms with Gasteiger partial charge in [0.15, 0.2) is 5.11 Å². The molecule has 162 valence electrons. The predicted molar refractivity (Wildman–Crippen MR) is 130 cm³/mol. The second-order valence-corrected chi connectivity index (χ2v) is 10.2. The zero-order valence-electron chi connectivity index (χ0n) is 17.8. The summed E-state index contributed by atoms with van der Waals surface area (Å²) in [6, 6.07) is 15.8. The fourth-order valence-electron chi connectivity index (χ4n) is 3.54. The van der Waals surface area contributed by atoms with E-state index in [1.54, 1.807) is 18.2 Å². The zero-order chi connectivity index (χ0) is 21.7. The maximum atomic E-state index is 11.8. The van der Waals surface area contributed by atoms with E-state index in [1.165, 1.54) is 42.6 Å². The van der Waals surface area contributed by atoms with Gasteiger partial charge in [0.1, 0.15) is 0 Å². The summed E-state index contributed by atoms with van der Waals surface area (Å²) in [4.78, 5) is 2.44. The van der Waals surface area contributed by atoms with Crippen molar-refractivity contribution in [3.63, 3.8) is 0 Å². The van der Waals surface area contributed by atoms with Crippen molar-refractivity contribution < 1.29 is 8.42 Å². The minimum atomic E-state index is -3.31. The SMILES string of the molecule is CC(NC(=S)Nc1cccc(N(C)S(C)(=O)=O)c1)c1ccc(N2CCCCC2)cc1. The van der Waals surface area contributed by atoms with Gasteiger partial charge in [-0.15, -0.1) is 0 Å². The molecule has 0 amide bonds. The number of nitrogens with one attached hydrogen (secondary N) is 2. The maximum Gasteiger partial charge on any atom is 0.231 e. The van der Waals surface area contributed by atoms with Gasteiger partial charge in [-0.25, -0.2) is 8.42 Å². The molecule has 0 aliphatic carbocycles. The molecule has 0 spiro atoms. The number of benzene rings is 2. The van der Waals surface area contributed by atoms with Crippen LogP contribution in [0.4, 0.5) is 17.1 Å². The lowest BCUT2D eigenvalue weighted by Crippen LogP contribution is -2.31. The largest absolute Gasteiger partial charge is 0.372 e. The lowest BCUT2D eigenvalue weighted by atomic mass is 10.1. The number of hydrogen-bond acceptors (Lipinski definition) is 4. The van der Waals surface area contributed by atoms with Crippen molar-refractivity contribution in [1.82, 2.24) is 5.32 Å². The van der Waals surface area contributed by atoms with Crippen LogP contribution in [0.25, 0.3) is 0 Å². The molecular weight excluding hydrogens is 416 g/mol. The lowest BCUT2D eigenvalue weighted by Gasteiger charge is -2.29. The molecule has 1 fully saturated rings. The molecule has 0 bridgehead atoms. The molecule has 8 heteroatoms. The number of rotatable bonds is 6. The molecule has 2 N–H and O–H groups in total. The van der Waals surface area contributed by atoms with Crippen LogP contribution in [-0.4, -0.2) is 39.9 Å². The summed E-state index contributed by atoms with van der Waals surface area (Å²) in [5.41, 5.74) is 3.74. The lowest BCUT2D eigenvalue weighted by molar-refractivity contribution is 0.577. The van der Waals surface area contributed by atoms with Crippen molar-refractivity contribution in [2.45, 2.75) is 32.2 Å². The molecule has 2 aromatic carbocycles. The molecule has 3 rings (SSSR count). The number of thiocarbonyl (C=S) groups is 1. The molecule has 1 aliphatic heterocycles. The van der Waals surface area contributed by atoms with Crippen LogP contribution in [0.3, 0.4) is 0 Å². The molecule has 0 aromatic heterocycles. The van der Waals surface area contributed by atoms with Crippen LogP contribution in [0.1, 0.15) is 37.8 Å². The smallest absolute Gasteiger partial charge is 0.231 e. The number of nitrogens with zero attached hydrogens (tertiary/aromatic N) is 2. The van der Waals surface area contributed by atoms with E-state index in [4.69, 9.17) is 12.2 Å². The third kappa shape index (κ3) is 5.86. The topological polar surface area (TPSA) is 64.7 Å². The van der Waals surface area contributed by atoms with E-state index in [0.717, 1.165) is 24.3 Å². The summed E-state index contributed by atoms with van der Waals surface area (Å²) in [5.74, 6) is 0. The molecular formula is C22H30N4O2S2. The van der Waals surface area contributed by atoms with Crippen LogP contribution >= 0.6 is 12.2 Å². The number of piperidine rings is 1. The van der Waals surface area contributed by atoms with Gasteiger partial charge in [0, 0.05) is 31.5 Å². The number of anilines is 3. The Labute approximate surface area is 185 Å². The van der Waals surface area contributed by atoms with Crippen LogP contribution < -0.4 is 19.8 Å². The highest BCUT2D eigenvalue weighted by Crippen LogP contribution is 2.23. The first kappa shape index (κ1) is 22.4. The highest BCUT2D eigenvalue weighted by Gasteiger charge is 2.14. The van der Waals surface area contributed by atoms with Crippen LogP contribution in [0.2, 0.25) is 0 Å². The van der Waals surface area contributed by atoms with Gasteiger partial charge in [-0.05, 0) is 74.3 Å². The number of hydrogen-bond donors (Lipinski definition) is 2. The van der Waals surface area contributed by atoms with Gasteiger partial charge in [0.2, 0.25) is 10.0 Å². The minimum Gasteiger partial charge on any atom is -0.372 e. The molecule has 1 atom stereocenters. The summed E-state index contributed by atoms with van der Waals surface area (Å²) in [6.45, 7) is 4.33. The molecule has 30 heavy (non-hydrogen) atoms. The summed E-state index contributed by atoms with van der Waals surface area (Å²) < 4.78 is 24.8. The molecule has 0 radical (unpaired) electrons. The molecule has 1 unspecified atom stereocenters. The fraction of sp³-hybridized carbons (Fsp3) is 0.409. The van der Waals surface area contributed by atoms with E-state index in [1.807, 2.05) is 6.07 Å². The second kappa shape index (κ2) is 9.66. The van der Waals surface area contributed by atoms with Gasteiger partial charge in [-0.1, -0.05) is 18.2 Å². The second-order valence-electron chi connectivity index (χ2n) is 7.74. The Morgan fingerprint density at radius 2 is 1.77 bits per heavy atom. The van der Waals surface area contributed by atoms with Gasteiger partial charge in [0.05, 0.1) is 18.0 Å². The molecule has 6 nitrogen and oxygen atoms in total. The van der Waals surface area contributed by atoms with Gasteiger partial charge in [-0.2, -0.15) is 0 Å². The van der Waals surface area contributed by atoms with Crippen molar-refractivity contribution in [3.8, 4) is 0 Å². The molecule has 1 heterocycles. The van der Waals surface area contributed by atoms with E-state index in [9.17, 15) is 8.42 Å². The van der Waals surface area contributed by atoms with E-state index in [-0.39, 0.29) is 6.04 Å². The third-order valence-electron chi connectivity index (χ3n) is 5.43. The quantitative estimate of drug-likeness (QED) is 0.651. The summed E-state index contributed by atoms with van der Waals surface area (Å²) >= 11 is 5.46. The van der Waals surface area contributed by atoms with Gasteiger partial charge in [0.25, 0.3) is 0 Å². The van der Waals surface area contributed by atoms with Crippen molar-refractivity contribution in [1.29, 1.82) is 0 Å². The zero-order valence-corrected chi connectivity index (χ0v) is 19.4. The summed E-state index contributed by atoms with van der Waals surface area (Å²) in [6.07, 6.45) is 5.03. The first-order valence-electron chi connectivity index (χ1n) is 10.2. The first-order chi connectivity index (χ1) is 14.2. The maximum absolute atomic E-state index is 11.8. The van der Waals surface area contributed by atoms with E-state index in [0.29, 0.717) is 10.8 Å². The highest BCUT2D eigenvalue weighted by molar-refractivity contribution is 7.92. The van der Waals surface area contributed by atoms with Gasteiger partial charge >= 0.3 is 0 Å². The standard InChI is InChI=1S/C22H30N4O2S2/c1-17(18-10-12-20(13-11-18)26-14-5-4-6-15-26)23-22(29)24-19-8-7-9-21(16-19)25(2)30(3,27)28/h7-13,16-17H,4-6,14-15H2,1-3H3,(H2,23,24,29). The van der Waals surface area contributed by atoms with Crippen LogP contribution in [0, 0.1) is 0 Å². The Hall–Kier alpha value is -2.32. The van der Waals surface area contributed by atoms with Gasteiger partial charge in [-0.3, -0.25) is 4.31 Å². The average molecular weight is 447 g/mol. The fourth-order valence-corrected chi connectivity index (χ4v) is 4.34. The van der Waals surface area contributed by atoms with Gasteiger partial charge < -0.3 is 15.5 Å².